The number of amides is 2. The van der Waals surface area contributed by atoms with E-state index in [1.807, 2.05) is 59.5 Å². The number of rotatable bonds is 7. The van der Waals surface area contributed by atoms with Gasteiger partial charge in [0.2, 0.25) is 5.91 Å². The predicted octanol–water partition coefficient (Wildman–Crippen LogP) is 3.63. The number of anilines is 1. The Morgan fingerprint density at radius 2 is 1.85 bits per heavy atom. The Morgan fingerprint density at radius 1 is 1.15 bits per heavy atom. The first kappa shape index (κ1) is 19.0. The molecule has 3 rings (SSSR count). The Balaban J connectivity index is 1.70. The molecule has 2 aromatic rings. The molecule has 0 spiro atoms. The van der Waals surface area contributed by atoms with Crippen molar-refractivity contribution in [2.75, 3.05) is 18.1 Å². The van der Waals surface area contributed by atoms with Crippen LogP contribution in [0.25, 0.3) is 0 Å². The second-order valence-electron chi connectivity index (χ2n) is 6.82. The Morgan fingerprint density at radius 3 is 2.59 bits per heavy atom. The maximum atomic E-state index is 13.0. The number of carbonyl (C=O) groups excluding carboxylic acids is 2. The molecule has 0 saturated carbocycles. The van der Waals surface area contributed by atoms with E-state index in [1.54, 1.807) is 4.90 Å². The monoisotopic (exact) mass is 366 g/mol. The van der Waals surface area contributed by atoms with Gasteiger partial charge in [0, 0.05) is 25.6 Å². The number of hydrogen-bond donors (Lipinski definition) is 0. The SMILES string of the molecule is CCC(C)N(Cc1ccccc1)C(=O)CCN1C(=O)COc2ccccc21. The lowest BCUT2D eigenvalue weighted by atomic mass is 10.1. The number of nitrogens with zero attached hydrogens (tertiary/aromatic N) is 2. The van der Waals surface area contributed by atoms with Crippen LogP contribution in [-0.2, 0) is 16.1 Å². The van der Waals surface area contributed by atoms with Crippen LogP contribution in [0.3, 0.4) is 0 Å². The molecule has 5 heteroatoms. The second-order valence-corrected chi connectivity index (χ2v) is 6.82. The van der Waals surface area contributed by atoms with E-state index in [0.29, 0.717) is 18.8 Å². The van der Waals surface area contributed by atoms with Gasteiger partial charge in [0.05, 0.1) is 5.69 Å². The minimum Gasteiger partial charge on any atom is -0.482 e. The van der Waals surface area contributed by atoms with Crippen LogP contribution in [0.2, 0.25) is 0 Å². The van der Waals surface area contributed by atoms with Crippen molar-refractivity contribution in [3.05, 3.63) is 60.2 Å². The van der Waals surface area contributed by atoms with Crippen molar-refractivity contribution < 1.29 is 14.3 Å². The van der Waals surface area contributed by atoms with E-state index in [4.69, 9.17) is 4.74 Å². The maximum absolute atomic E-state index is 13.0. The van der Waals surface area contributed by atoms with Crippen molar-refractivity contribution in [3.8, 4) is 5.75 Å². The zero-order valence-electron chi connectivity index (χ0n) is 15.9. The molecule has 2 amide bonds. The molecule has 1 heterocycles. The molecule has 1 atom stereocenters. The Hall–Kier alpha value is -2.82. The fourth-order valence-electron chi connectivity index (χ4n) is 3.24. The number of ether oxygens (including phenoxy) is 1. The number of fused-ring (bicyclic) bond motifs is 1. The van der Waals surface area contributed by atoms with Crippen LogP contribution < -0.4 is 9.64 Å². The molecule has 1 unspecified atom stereocenters. The highest BCUT2D eigenvalue weighted by Crippen LogP contribution is 2.31. The fourth-order valence-corrected chi connectivity index (χ4v) is 3.24. The van der Waals surface area contributed by atoms with Crippen LogP contribution in [0.5, 0.6) is 5.75 Å². The fraction of sp³-hybridized carbons (Fsp3) is 0.364. The molecule has 2 aromatic carbocycles. The molecule has 0 fully saturated rings. The second kappa shape index (κ2) is 8.71. The summed E-state index contributed by atoms with van der Waals surface area (Å²) in [5.74, 6) is 0.636. The molecule has 0 saturated heterocycles. The summed E-state index contributed by atoms with van der Waals surface area (Å²) in [6.45, 7) is 5.11. The van der Waals surface area contributed by atoms with Gasteiger partial charge in [-0.1, -0.05) is 49.4 Å². The molecular formula is C22H26N2O3. The first-order valence-corrected chi connectivity index (χ1v) is 9.45. The van der Waals surface area contributed by atoms with Crippen LogP contribution in [0, 0.1) is 0 Å². The third-order valence-electron chi connectivity index (χ3n) is 5.00. The Kier molecular flexibility index (Phi) is 6.12. The van der Waals surface area contributed by atoms with E-state index in [2.05, 4.69) is 13.8 Å². The lowest BCUT2D eigenvalue weighted by Gasteiger charge is -2.32. The van der Waals surface area contributed by atoms with E-state index in [9.17, 15) is 9.59 Å². The average Bonchev–Trinajstić information content (AvgIpc) is 2.71. The molecule has 0 aromatic heterocycles. The highest BCUT2D eigenvalue weighted by Gasteiger charge is 2.27. The van der Waals surface area contributed by atoms with Crippen molar-refractivity contribution in [1.29, 1.82) is 0 Å². The minimum atomic E-state index is -0.111. The zero-order valence-corrected chi connectivity index (χ0v) is 15.9. The number of hydrogen-bond acceptors (Lipinski definition) is 3. The number of benzene rings is 2. The third kappa shape index (κ3) is 4.48. The van der Waals surface area contributed by atoms with E-state index in [1.165, 1.54) is 0 Å². The summed E-state index contributed by atoms with van der Waals surface area (Å²) in [4.78, 5) is 28.8. The van der Waals surface area contributed by atoms with Gasteiger partial charge in [0.15, 0.2) is 6.61 Å². The quantitative estimate of drug-likeness (QED) is 0.752. The van der Waals surface area contributed by atoms with Crippen molar-refractivity contribution in [2.24, 2.45) is 0 Å². The first-order valence-electron chi connectivity index (χ1n) is 9.45. The Labute approximate surface area is 160 Å². The summed E-state index contributed by atoms with van der Waals surface area (Å²) in [7, 11) is 0. The first-order chi connectivity index (χ1) is 13.1. The third-order valence-corrected chi connectivity index (χ3v) is 5.00. The molecule has 0 N–H and O–H groups in total. The van der Waals surface area contributed by atoms with E-state index in [0.717, 1.165) is 17.7 Å². The molecule has 1 aliphatic heterocycles. The van der Waals surface area contributed by atoms with Crippen molar-refractivity contribution >= 4 is 17.5 Å². The smallest absolute Gasteiger partial charge is 0.265 e. The van der Waals surface area contributed by atoms with E-state index < -0.39 is 0 Å². The van der Waals surface area contributed by atoms with Crippen LogP contribution in [-0.4, -0.2) is 35.9 Å². The molecular weight excluding hydrogens is 340 g/mol. The lowest BCUT2D eigenvalue weighted by molar-refractivity contribution is -0.133. The van der Waals surface area contributed by atoms with Crippen LogP contribution in [0.15, 0.2) is 54.6 Å². The summed E-state index contributed by atoms with van der Waals surface area (Å²) in [6.07, 6.45) is 1.18. The summed E-state index contributed by atoms with van der Waals surface area (Å²) >= 11 is 0. The van der Waals surface area contributed by atoms with Crippen LogP contribution >= 0.6 is 0 Å². The van der Waals surface area contributed by atoms with Crippen LogP contribution in [0.1, 0.15) is 32.3 Å². The minimum absolute atomic E-state index is 0.0182. The molecule has 142 valence electrons. The van der Waals surface area contributed by atoms with Gasteiger partial charge < -0.3 is 14.5 Å². The molecule has 27 heavy (non-hydrogen) atoms. The molecule has 0 bridgehead atoms. The average molecular weight is 366 g/mol. The predicted molar refractivity (Wildman–Crippen MR) is 106 cm³/mol. The zero-order chi connectivity index (χ0) is 19.2. The van der Waals surface area contributed by atoms with Crippen molar-refractivity contribution in [3.63, 3.8) is 0 Å². The topological polar surface area (TPSA) is 49.9 Å². The summed E-state index contributed by atoms with van der Waals surface area (Å²) in [5, 5.41) is 0. The largest absolute Gasteiger partial charge is 0.482 e. The van der Waals surface area contributed by atoms with Gasteiger partial charge in [-0.15, -0.1) is 0 Å². The van der Waals surface area contributed by atoms with Crippen LogP contribution in [0.4, 0.5) is 5.69 Å². The van der Waals surface area contributed by atoms with Gasteiger partial charge >= 0.3 is 0 Å². The highest BCUT2D eigenvalue weighted by atomic mass is 16.5. The maximum Gasteiger partial charge on any atom is 0.265 e. The van der Waals surface area contributed by atoms with Crippen molar-refractivity contribution in [2.45, 2.75) is 39.3 Å². The van der Waals surface area contributed by atoms with Gasteiger partial charge in [-0.05, 0) is 31.0 Å². The van der Waals surface area contributed by atoms with Gasteiger partial charge in [0.25, 0.3) is 5.91 Å². The molecule has 0 aliphatic carbocycles. The molecule has 1 aliphatic rings. The molecule has 5 nitrogen and oxygen atoms in total. The highest BCUT2D eigenvalue weighted by molar-refractivity contribution is 5.98. The summed E-state index contributed by atoms with van der Waals surface area (Å²) in [5.41, 5.74) is 1.85. The molecule has 0 radical (unpaired) electrons. The van der Waals surface area contributed by atoms with Crippen molar-refractivity contribution in [1.82, 2.24) is 4.90 Å². The van der Waals surface area contributed by atoms with Gasteiger partial charge in [-0.2, -0.15) is 0 Å². The normalized spacial score (nSPS) is 14.3. The Bertz CT molecular complexity index is 791. The standard InChI is InChI=1S/C22H26N2O3/c1-3-17(2)24(15-18-9-5-4-6-10-18)21(25)13-14-23-19-11-7-8-12-20(19)27-16-22(23)26/h4-12,17H,3,13-16H2,1-2H3. The van der Waals surface area contributed by atoms with Gasteiger partial charge in [-0.25, -0.2) is 0 Å². The van der Waals surface area contributed by atoms with Gasteiger partial charge in [0.1, 0.15) is 5.75 Å². The summed E-state index contributed by atoms with van der Waals surface area (Å²) in [6, 6.07) is 17.6. The van der Waals surface area contributed by atoms with E-state index >= 15 is 0 Å². The lowest BCUT2D eigenvalue weighted by Crippen LogP contribution is -2.43. The van der Waals surface area contributed by atoms with Gasteiger partial charge in [-0.3, -0.25) is 9.59 Å². The summed E-state index contributed by atoms with van der Waals surface area (Å²) < 4.78 is 5.47. The number of para-hydroxylation sites is 2. The van der Waals surface area contributed by atoms with E-state index in [-0.39, 0.29) is 30.9 Å². The number of carbonyl (C=O) groups is 2.